The highest BCUT2D eigenvalue weighted by Gasteiger charge is 2.23. The number of hydrogen-bond acceptors (Lipinski definition) is 3. The average Bonchev–Trinajstić information content (AvgIpc) is 3.10. The quantitative estimate of drug-likeness (QED) is 0.770. The van der Waals surface area contributed by atoms with E-state index in [9.17, 15) is 5.11 Å². The molecule has 1 unspecified atom stereocenters. The van der Waals surface area contributed by atoms with Crippen molar-refractivity contribution in [2.75, 3.05) is 13.1 Å². The molecule has 2 N–H and O–H groups in total. The number of rotatable bonds is 6. The van der Waals surface area contributed by atoms with E-state index >= 15 is 0 Å². The molecule has 1 fully saturated rings. The number of nitrogens with one attached hydrogen (secondary N) is 1. The maximum Gasteiger partial charge on any atom is 0.120 e. The zero-order valence-electron chi connectivity index (χ0n) is 9.65. The molecule has 0 bridgehead atoms. The number of ether oxygens (including phenoxy) is 1. The molecule has 1 atom stereocenters. The summed E-state index contributed by atoms with van der Waals surface area (Å²) in [5, 5.41) is 13.0. The molecule has 0 spiro atoms. The molecule has 0 aliphatic heterocycles. The SMILES string of the molecule is CCNCC(O)c1cccc(OC2CC2)c1. The van der Waals surface area contributed by atoms with Gasteiger partial charge in [-0.3, -0.25) is 0 Å². The molecule has 2 rings (SSSR count). The van der Waals surface area contributed by atoms with Gasteiger partial charge in [0, 0.05) is 6.54 Å². The van der Waals surface area contributed by atoms with Crippen molar-refractivity contribution in [2.45, 2.75) is 32.0 Å². The third kappa shape index (κ3) is 3.22. The molecule has 3 heteroatoms. The Morgan fingerprint density at radius 3 is 3.00 bits per heavy atom. The lowest BCUT2D eigenvalue weighted by Gasteiger charge is -2.13. The number of likely N-dealkylation sites (N-methyl/N-ethyl adjacent to an activating group) is 1. The molecule has 0 aromatic heterocycles. The summed E-state index contributed by atoms with van der Waals surface area (Å²) in [4.78, 5) is 0. The highest BCUT2D eigenvalue weighted by Crippen LogP contribution is 2.28. The summed E-state index contributed by atoms with van der Waals surface area (Å²) < 4.78 is 5.69. The van der Waals surface area contributed by atoms with Crippen LogP contribution in [0.15, 0.2) is 24.3 Å². The van der Waals surface area contributed by atoms with Gasteiger partial charge in [0.1, 0.15) is 5.75 Å². The first-order valence-electron chi connectivity index (χ1n) is 5.95. The second kappa shape index (κ2) is 5.32. The van der Waals surface area contributed by atoms with Crippen LogP contribution in [0, 0.1) is 0 Å². The van der Waals surface area contributed by atoms with Gasteiger partial charge in [0.15, 0.2) is 0 Å². The van der Waals surface area contributed by atoms with E-state index in [4.69, 9.17) is 4.74 Å². The Morgan fingerprint density at radius 1 is 1.50 bits per heavy atom. The Morgan fingerprint density at radius 2 is 2.31 bits per heavy atom. The Balaban J connectivity index is 1.96. The van der Waals surface area contributed by atoms with E-state index in [1.807, 2.05) is 31.2 Å². The van der Waals surface area contributed by atoms with Crippen LogP contribution in [0.5, 0.6) is 5.75 Å². The molecule has 1 aromatic rings. The van der Waals surface area contributed by atoms with Crippen molar-refractivity contribution in [1.29, 1.82) is 0 Å². The normalized spacial score (nSPS) is 17.1. The maximum absolute atomic E-state index is 9.91. The minimum absolute atomic E-state index is 0.404. The van der Waals surface area contributed by atoms with Crippen LogP contribution in [0.2, 0.25) is 0 Å². The predicted molar refractivity (Wildman–Crippen MR) is 63.6 cm³/mol. The second-order valence-electron chi connectivity index (χ2n) is 4.21. The van der Waals surface area contributed by atoms with Crippen LogP contribution < -0.4 is 10.1 Å². The summed E-state index contributed by atoms with van der Waals surface area (Å²) in [5.74, 6) is 0.871. The van der Waals surface area contributed by atoms with E-state index < -0.39 is 6.10 Å². The van der Waals surface area contributed by atoms with Crippen LogP contribution in [0.1, 0.15) is 31.4 Å². The number of benzene rings is 1. The molecular formula is C13H19NO2. The van der Waals surface area contributed by atoms with Gasteiger partial charge in [-0.2, -0.15) is 0 Å². The van der Waals surface area contributed by atoms with Crippen molar-refractivity contribution in [3.8, 4) is 5.75 Å². The van der Waals surface area contributed by atoms with Crippen LogP contribution >= 0.6 is 0 Å². The topological polar surface area (TPSA) is 41.5 Å². The first-order valence-corrected chi connectivity index (χ1v) is 5.95. The van der Waals surface area contributed by atoms with Crippen LogP contribution in [0.25, 0.3) is 0 Å². The predicted octanol–water partition coefficient (Wildman–Crippen LogP) is 1.87. The Kier molecular flexibility index (Phi) is 3.80. The smallest absolute Gasteiger partial charge is 0.120 e. The fraction of sp³-hybridized carbons (Fsp3) is 0.538. The molecule has 1 saturated carbocycles. The fourth-order valence-electron chi connectivity index (χ4n) is 1.57. The van der Waals surface area contributed by atoms with Gasteiger partial charge in [-0.15, -0.1) is 0 Å². The highest BCUT2D eigenvalue weighted by molar-refractivity contribution is 5.30. The molecule has 16 heavy (non-hydrogen) atoms. The van der Waals surface area contributed by atoms with Crippen molar-refractivity contribution in [3.63, 3.8) is 0 Å². The maximum atomic E-state index is 9.91. The van der Waals surface area contributed by atoms with Gasteiger partial charge >= 0.3 is 0 Å². The third-order valence-electron chi connectivity index (χ3n) is 2.66. The van der Waals surface area contributed by atoms with Crippen LogP contribution in [0.4, 0.5) is 0 Å². The number of aliphatic hydroxyl groups is 1. The summed E-state index contributed by atoms with van der Waals surface area (Å²) in [6.45, 7) is 3.48. The minimum atomic E-state index is -0.456. The Hall–Kier alpha value is -1.06. The zero-order valence-corrected chi connectivity index (χ0v) is 9.65. The molecule has 1 aromatic carbocycles. The van der Waals surface area contributed by atoms with Gasteiger partial charge in [0.25, 0.3) is 0 Å². The molecule has 3 nitrogen and oxygen atoms in total. The molecule has 88 valence electrons. The summed E-state index contributed by atoms with van der Waals surface area (Å²) in [7, 11) is 0. The van der Waals surface area contributed by atoms with Gasteiger partial charge in [-0.1, -0.05) is 19.1 Å². The second-order valence-corrected chi connectivity index (χ2v) is 4.21. The van der Waals surface area contributed by atoms with Gasteiger partial charge in [-0.25, -0.2) is 0 Å². The minimum Gasteiger partial charge on any atom is -0.490 e. The Labute approximate surface area is 96.4 Å². The van der Waals surface area contributed by atoms with E-state index in [0.29, 0.717) is 12.6 Å². The van der Waals surface area contributed by atoms with E-state index in [1.165, 1.54) is 0 Å². The molecule has 1 aliphatic carbocycles. The van der Waals surface area contributed by atoms with Crippen molar-refractivity contribution in [2.24, 2.45) is 0 Å². The lowest BCUT2D eigenvalue weighted by molar-refractivity contribution is 0.175. The fourth-order valence-corrected chi connectivity index (χ4v) is 1.57. The number of hydrogen-bond donors (Lipinski definition) is 2. The van der Waals surface area contributed by atoms with Gasteiger partial charge < -0.3 is 15.2 Å². The van der Waals surface area contributed by atoms with E-state index in [2.05, 4.69) is 5.32 Å². The van der Waals surface area contributed by atoms with Crippen molar-refractivity contribution in [1.82, 2.24) is 5.32 Å². The molecule has 0 heterocycles. The van der Waals surface area contributed by atoms with Crippen LogP contribution in [-0.4, -0.2) is 24.3 Å². The summed E-state index contributed by atoms with van der Waals surface area (Å²) >= 11 is 0. The van der Waals surface area contributed by atoms with Crippen molar-refractivity contribution >= 4 is 0 Å². The van der Waals surface area contributed by atoms with Crippen molar-refractivity contribution < 1.29 is 9.84 Å². The first-order chi connectivity index (χ1) is 7.79. The largest absolute Gasteiger partial charge is 0.490 e. The van der Waals surface area contributed by atoms with Gasteiger partial charge in [-0.05, 0) is 37.1 Å². The lowest BCUT2D eigenvalue weighted by atomic mass is 10.1. The summed E-state index contributed by atoms with van der Waals surface area (Å²) in [6.07, 6.45) is 2.26. The van der Waals surface area contributed by atoms with Crippen molar-refractivity contribution in [3.05, 3.63) is 29.8 Å². The highest BCUT2D eigenvalue weighted by atomic mass is 16.5. The molecule has 1 aliphatic rings. The van der Waals surface area contributed by atoms with E-state index in [-0.39, 0.29) is 0 Å². The average molecular weight is 221 g/mol. The molecule has 0 amide bonds. The Bertz CT molecular complexity index is 336. The summed E-state index contributed by atoms with van der Waals surface area (Å²) in [5.41, 5.74) is 0.916. The third-order valence-corrected chi connectivity index (χ3v) is 2.66. The van der Waals surface area contributed by atoms with Gasteiger partial charge in [0.2, 0.25) is 0 Å². The van der Waals surface area contributed by atoms with E-state index in [1.54, 1.807) is 0 Å². The van der Waals surface area contributed by atoms with Crippen LogP contribution in [0.3, 0.4) is 0 Å². The molecule has 0 radical (unpaired) electrons. The molecular weight excluding hydrogens is 202 g/mol. The van der Waals surface area contributed by atoms with Crippen LogP contribution in [-0.2, 0) is 0 Å². The van der Waals surface area contributed by atoms with Gasteiger partial charge in [0.05, 0.1) is 12.2 Å². The summed E-state index contributed by atoms with van der Waals surface area (Å²) in [6, 6.07) is 7.74. The van der Waals surface area contributed by atoms with E-state index in [0.717, 1.165) is 30.7 Å². The zero-order chi connectivity index (χ0) is 11.4. The monoisotopic (exact) mass is 221 g/mol. The standard InChI is InChI=1S/C13H19NO2/c1-2-14-9-13(15)10-4-3-5-12(8-10)16-11-6-7-11/h3-5,8,11,13-15H,2,6-7,9H2,1H3. The molecule has 0 saturated heterocycles. The number of aliphatic hydroxyl groups excluding tert-OH is 1. The lowest BCUT2D eigenvalue weighted by Crippen LogP contribution is -2.20. The first kappa shape index (κ1) is 11.4.